The number of nitrogens with one attached hydrogen (secondary N) is 2. The van der Waals surface area contributed by atoms with Gasteiger partial charge in [-0.1, -0.05) is 166 Å². The predicted molar refractivity (Wildman–Crippen MR) is 241 cm³/mol. The van der Waals surface area contributed by atoms with E-state index in [2.05, 4.69) is 164 Å². The van der Waals surface area contributed by atoms with Gasteiger partial charge in [0.2, 0.25) is 5.62 Å². The van der Waals surface area contributed by atoms with Gasteiger partial charge in [-0.3, -0.25) is 5.41 Å². The van der Waals surface area contributed by atoms with Crippen LogP contribution in [0, 0.1) is 5.41 Å². The molecule has 1 aliphatic rings. The van der Waals surface area contributed by atoms with Gasteiger partial charge in [0.1, 0.15) is 0 Å². The molecule has 9 aromatic carbocycles. The first-order valence-corrected chi connectivity index (χ1v) is 19.8. The van der Waals surface area contributed by atoms with E-state index in [1.54, 1.807) is 0 Å². The molecule has 0 atom stereocenters. The van der Waals surface area contributed by atoms with Gasteiger partial charge in [0.15, 0.2) is 5.84 Å². The number of hydrogen-bond donors (Lipinski definition) is 2. The Hall–Kier alpha value is -7.43. The van der Waals surface area contributed by atoms with Crippen molar-refractivity contribution in [2.75, 3.05) is 0 Å². The second kappa shape index (κ2) is 13.1. The highest BCUT2D eigenvalue weighted by Crippen LogP contribution is 2.49. The van der Waals surface area contributed by atoms with Crippen molar-refractivity contribution in [2.24, 2.45) is 4.99 Å². The van der Waals surface area contributed by atoms with Crippen LogP contribution in [0.1, 0.15) is 30.5 Å². The molecule has 1 heterocycles. The van der Waals surface area contributed by atoms with Crippen LogP contribution in [0.5, 0.6) is 0 Å². The average molecular weight is 743 g/mol. The zero-order valence-corrected chi connectivity index (χ0v) is 32.2. The summed E-state index contributed by atoms with van der Waals surface area (Å²) in [6.45, 7) is 4.59. The Labute approximate surface area is 336 Å². The Bertz CT molecular complexity index is 3370. The summed E-state index contributed by atoms with van der Waals surface area (Å²) in [6, 6.07) is 64.6. The summed E-state index contributed by atoms with van der Waals surface area (Å²) in [5.74, 6) is 0.141. The van der Waals surface area contributed by atoms with E-state index in [-0.39, 0.29) is 11.3 Å². The van der Waals surface area contributed by atoms with E-state index in [0.29, 0.717) is 11.2 Å². The van der Waals surface area contributed by atoms with Crippen molar-refractivity contribution < 1.29 is 0 Å². The quantitative estimate of drug-likeness (QED) is 0.105. The summed E-state index contributed by atoms with van der Waals surface area (Å²) >= 11 is 0. The van der Waals surface area contributed by atoms with Gasteiger partial charge in [-0.05, 0) is 107 Å². The molecular weight excluding hydrogens is 705 g/mol. The number of rotatable bonds is 4. The van der Waals surface area contributed by atoms with E-state index in [9.17, 15) is 5.41 Å². The lowest BCUT2D eigenvalue weighted by atomic mass is 9.82. The first-order valence-electron chi connectivity index (χ1n) is 19.8. The van der Waals surface area contributed by atoms with Gasteiger partial charge in [0.25, 0.3) is 0 Å². The molecule has 0 saturated heterocycles. The van der Waals surface area contributed by atoms with E-state index in [4.69, 9.17) is 9.98 Å². The number of para-hydroxylation sites is 1. The van der Waals surface area contributed by atoms with Crippen LogP contribution >= 0.6 is 0 Å². The molecule has 0 aliphatic heterocycles. The topological polar surface area (TPSA) is 64.9 Å². The Morgan fingerprint density at radius 2 is 1.02 bits per heavy atom. The standard InChI is InChI=1S/C54H38N4/c1-54(2)48-23-9-7-21-44(48)45-28-26-37(32-49(45)54)51-46-22-8-10-24-50(46)56-53(57-51)58-52(55)38-16-12-15-35(30-38)33-13-11-14-34(29-33)36-25-27-43-41-19-4-3-17-39(41)40-18-5-6-20-42(40)47(43)31-36/h3-32H,1-2H3,(H2,55,56,57,58). The Kier molecular flexibility index (Phi) is 7.64. The second-order valence-electron chi connectivity index (χ2n) is 15.9. The van der Waals surface area contributed by atoms with E-state index in [1.807, 2.05) is 36.4 Å². The maximum absolute atomic E-state index is 9.19. The molecule has 0 saturated carbocycles. The SMILES string of the molecule is CC1(C)c2ccccc2-c2ccc(-c3n/c(=N/C(=N)c4cccc(-c5cccc(-c6ccc7c8ccccc8c8ccccc8c7c6)c5)c4)[nH]c4ccccc34)cc21. The van der Waals surface area contributed by atoms with Gasteiger partial charge in [0.05, 0.1) is 11.2 Å². The van der Waals surface area contributed by atoms with Crippen molar-refractivity contribution in [3.63, 3.8) is 0 Å². The smallest absolute Gasteiger partial charge is 0.229 e. The minimum Gasteiger partial charge on any atom is -0.323 e. The van der Waals surface area contributed by atoms with Gasteiger partial charge in [0, 0.05) is 21.9 Å². The van der Waals surface area contributed by atoms with Crippen LogP contribution in [-0.2, 0) is 5.41 Å². The zero-order chi connectivity index (χ0) is 39.0. The monoisotopic (exact) mass is 742 g/mol. The van der Waals surface area contributed by atoms with E-state index >= 15 is 0 Å². The highest BCUT2D eigenvalue weighted by Gasteiger charge is 2.35. The largest absolute Gasteiger partial charge is 0.323 e. The Balaban J connectivity index is 0.951. The van der Waals surface area contributed by atoms with Crippen LogP contribution in [0.4, 0.5) is 0 Å². The Morgan fingerprint density at radius 3 is 1.76 bits per heavy atom. The van der Waals surface area contributed by atoms with Gasteiger partial charge in [-0.25, -0.2) is 4.98 Å². The fourth-order valence-electron chi connectivity index (χ4n) is 9.22. The molecule has 10 aromatic rings. The summed E-state index contributed by atoms with van der Waals surface area (Å²) in [5.41, 5.74) is 13.4. The zero-order valence-electron chi connectivity index (χ0n) is 32.2. The maximum Gasteiger partial charge on any atom is 0.229 e. The lowest BCUT2D eigenvalue weighted by Crippen LogP contribution is -2.17. The number of fused-ring (bicyclic) bond motifs is 10. The lowest BCUT2D eigenvalue weighted by molar-refractivity contribution is 0.660. The number of nitrogens with zero attached hydrogens (tertiary/aromatic N) is 2. The fourth-order valence-corrected chi connectivity index (χ4v) is 9.22. The predicted octanol–water partition coefficient (Wildman–Crippen LogP) is 13.3. The molecule has 58 heavy (non-hydrogen) atoms. The summed E-state index contributed by atoms with van der Waals surface area (Å²) < 4.78 is 0. The average Bonchev–Trinajstić information content (AvgIpc) is 3.51. The highest BCUT2D eigenvalue weighted by molar-refractivity contribution is 6.25. The van der Waals surface area contributed by atoms with Gasteiger partial charge < -0.3 is 4.98 Å². The third-order valence-corrected chi connectivity index (χ3v) is 12.1. The van der Waals surface area contributed by atoms with E-state index < -0.39 is 0 Å². The summed E-state index contributed by atoms with van der Waals surface area (Å²) in [7, 11) is 0. The van der Waals surface area contributed by atoms with E-state index in [0.717, 1.165) is 38.9 Å². The van der Waals surface area contributed by atoms with Gasteiger partial charge >= 0.3 is 0 Å². The lowest BCUT2D eigenvalue weighted by Gasteiger charge is -2.22. The molecule has 0 spiro atoms. The normalized spacial score (nSPS) is 13.3. The molecule has 2 N–H and O–H groups in total. The van der Waals surface area contributed by atoms with Gasteiger partial charge in [-0.2, -0.15) is 4.99 Å². The molecule has 0 fully saturated rings. The number of benzene rings is 9. The maximum atomic E-state index is 9.19. The third-order valence-electron chi connectivity index (χ3n) is 12.1. The Morgan fingerprint density at radius 1 is 0.466 bits per heavy atom. The molecule has 4 heteroatoms. The van der Waals surface area contributed by atoms with Crippen molar-refractivity contribution in [3.05, 3.63) is 204 Å². The van der Waals surface area contributed by atoms with Crippen molar-refractivity contribution in [1.29, 1.82) is 5.41 Å². The van der Waals surface area contributed by atoms with Crippen LogP contribution in [0.25, 0.3) is 87.9 Å². The van der Waals surface area contributed by atoms with Crippen LogP contribution in [0.15, 0.2) is 187 Å². The molecule has 0 unspecified atom stereocenters. The van der Waals surface area contributed by atoms with Crippen LogP contribution < -0.4 is 5.62 Å². The molecule has 11 rings (SSSR count). The molecule has 0 bridgehead atoms. The molecule has 1 aromatic heterocycles. The number of amidine groups is 1. The summed E-state index contributed by atoms with van der Waals surface area (Å²) in [5, 5.41) is 17.8. The molecular formula is C54H38N4. The minimum atomic E-state index is -0.127. The van der Waals surface area contributed by atoms with Crippen molar-refractivity contribution in [2.45, 2.75) is 19.3 Å². The number of aromatic amines is 1. The molecule has 4 nitrogen and oxygen atoms in total. The van der Waals surface area contributed by atoms with Crippen LogP contribution in [-0.4, -0.2) is 15.8 Å². The first kappa shape index (κ1) is 33.9. The first-order chi connectivity index (χ1) is 28.4. The van der Waals surface area contributed by atoms with Crippen LogP contribution in [0.3, 0.4) is 0 Å². The summed E-state index contributed by atoms with van der Waals surface area (Å²) in [4.78, 5) is 13.3. The number of aromatic nitrogens is 2. The van der Waals surface area contributed by atoms with Gasteiger partial charge in [-0.15, -0.1) is 0 Å². The molecule has 0 radical (unpaired) electrons. The highest BCUT2D eigenvalue weighted by atomic mass is 15.0. The molecule has 274 valence electrons. The summed E-state index contributed by atoms with van der Waals surface area (Å²) in [6.07, 6.45) is 0. The van der Waals surface area contributed by atoms with Crippen molar-refractivity contribution in [1.82, 2.24) is 9.97 Å². The van der Waals surface area contributed by atoms with Crippen molar-refractivity contribution in [3.8, 4) is 44.6 Å². The molecule has 1 aliphatic carbocycles. The van der Waals surface area contributed by atoms with Crippen LogP contribution in [0.2, 0.25) is 0 Å². The number of H-pyrrole nitrogens is 1. The van der Waals surface area contributed by atoms with Crippen molar-refractivity contribution >= 4 is 49.1 Å². The number of hydrogen-bond acceptors (Lipinski definition) is 2. The van der Waals surface area contributed by atoms with E-state index in [1.165, 1.54) is 60.1 Å². The third kappa shape index (κ3) is 5.41. The molecule has 0 amide bonds. The fraction of sp³-hybridized carbons (Fsp3) is 0.0556. The second-order valence-corrected chi connectivity index (χ2v) is 15.9. The minimum absolute atomic E-state index is 0.127.